The van der Waals surface area contributed by atoms with Gasteiger partial charge in [-0.15, -0.1) is 0 Å². The Morgan fingerprint density at radius 1 is 1.21 bits per heavy atom. The molecule has 1 heterocycles. The first kappa shape index (κ1) is 13.8. The van der Waals surface area contributed by atoms with E-state index in [4.69, 9.17) is 10.00 Å². The lowest BCUT2D eigenvalue weighted by molar-refractivity contribution is 0.0515. The normalized spacial score (nSPS) is 21.2. The first-order valence-corrected chi connectivity index (χ1v) is 6.35. The average molecular weight is 266 g/mol. The molecule has 0 aromatic heterocycles. The van der Waals surface area contributed by atoms with Crippen molar-refractivity contribution in [2.75, 3.05) is 26.3 Å². The van der Waals surface area contributed by atoms with E-state index >= 15 is 0 Å². The molecular formula is C14H16F2N2O. The summed E-state index contributed by atoms with van der Waals surface area (Å²) >= 11 is 0. The molecule has 1 aliphatic carbocycles. The highest BCUT2D eigenvalue weighted by atomic mass is 19.1. The maximum absolute atomic E-state index is 14.5. The second kappa shape index (κ2) is 6.48. The summed E-state index contributed by atoms with van der Waals surface area (Å²) in [6, 6.07) is 1.83. The highest BCUT2D eigenvalue weighted by Crippen LogP contribution is 2.31. The van der Waals surface area contributed by atoms with E-state index in [0.717, 1.165) is 0 Å². The van der Waals surface area contributed by atoms with Gasteiger partial charge in [0.15, 0.2) is 0 Å². The molecule has 2 rings (SSSR count). The van der Waals surface area contributed by atoms with Gasteiger partial charge in [0.1, 0.15) is 11.7 Å². The summed E-state index contributed by atoms with van der Waals surface area (Å²) in [6.45, 7) is 2.27. The molecule has 1 saturated heterocycles. The minimum absolute atomic E-state index is 0.0564. The molecule has 3 nitrogen and oxygen atoms in total. The molecule has 2 aliphatic rings. The van der Waals surface area contributed by atoms with Gasteiger partial charge in [0.25, 0.3) is 0 Å². The van der Waals surface area contributed by atoms with E-state index in [1.807, 2.05) is 11.0 Å². The molecule has 5 heteroatoms. The first-order valence-electron chi connectivity index (χ1n) is 6.35. The molecule has 1 fully saturated rings. The number of rotatable bonds is 2. The second-order valence-corrected chi connectivity index (χ2v) is 4.46. The molecule has 0 saturated carbocycles. The third-order valence-electron chi connectivity index (χ3n) is 3.27. The Balaban J connectivity index is 2.36. The van der Waals surface area contributed by atoms with Crippen molar-refractivity contribution in [3.05, 3.63) is 35.1 Å². The molecule has 0 amide bonds. The minimum Gasteiger partial charge on any atom is -0.378 e. The third kappa shape index (κ3) is 3.21. The lowest BCUT2D eigenvalue weighted by Crippen LogP contribution is -2.36. The standard InChI is InChI=1S/C14H16F2N2O/c15-12-3-1-2-4-13(14(16)11(12)5-6-17)18-7-9-19-10-8-18/h1-2H,3-5,7-10H2. The Kier molecular flexibility index (Phi) is 4.69. The lowest BCUT2D eigenvalue weighted by Gasteiger charge is -2.31. The van der Waals surface area contributed by atoms with Crippen molar-refractivity contribution < 1.29 is 13.5 Å². The van der Waals surface area contributed by atoms with Crippen molar-refractivity contribution in [3.8, 4) is 6.07 Å². The van der Waals surface area contributed by atoms with E-state index in [1.165, 1.54) is 0 Å². The molecule has 0 radical (unpaired) electrons. The minimum atomic E-state index is -0.578. The van der Waals surface area contributed by atoms with Gasteiger partial charge in [0.2, 0.25) is 0 Å². The highest BCUT2D eigenvalue weighted by molar-refractivity contribution is 5.37. The van der Waals surface area contributed by atoms with Crippen molar-refractivity contribution in [1.29, 1.82) is 5.26 Å². The number of hydrogen-bond acceptors (Lipinski definition) is 3. The topological polar surface area (TPSA) is 36.3 Å². The lowest BCUT2D eigenvalue weighted by atomic mass is 10.0. The Hall–Kier alpha value is -1.67. The third-order valence-corrected chi connectivity index (χ3v) is 3.27. The molecule has 102 valence electrons. The van der Waals surface area contributed by atoms with Crippen LogP contribution in [0.15, 0.2) is 35.1 Å². The van der Waals surface area contributed by atoms with E-state index in [1.54, 1.807) is 12.2 Å². The summed E-state index contributed by atoms with van der Waals surface area (Å²) in [5.41, 5.74) is 0.355. The number of ether oxygens (including phenoxy) is 1. The first-order chi connectivity index (χ1) is 9.24. The molecule has 1 aliphatic heterocycles. The molecule has 0 N–H and O–H groups in total. The smallest absolute Gasteiger partial charge is 0.149 e. The van der Waals surface area contributed by atoms with Gasteiger partial charge >= 0.3 is 0 Å². The molecule has 0 aromatic rings. The zero-order valence-electron chi connectivity index (χ0n) is 10.7. The maximum atomic E-state index is 14.5. The van der Waals surface area contributed by atoms with Gasteiger partial charge in [-0.1, -0.05) is 12.2 Å². The van der Waals surface area contributed by atoms with E-state index in [9.17, 15) is 8.78 Å². The van der Waals surface area contributed by atoms with Crippen molar-refractivity contribution >= 4 is 0 Å². The Bertz CT molecular complexity index is 468. The second-order valence-electron chi connectivity index (χ2n) is 4.46. The van der Waals surface area contributed by atoms with Crippen LogP contribution in [-0.4, -0.2) is 31.2 Å². The largest absolute Gasteiger partial charge is 0.378 e. The zero-order chi connectivity index (χ0) is 13.7. The van der Waals surface area contributed by atoms with Crippen LogP contribution in [0.25, 0.3) is 0 Å². The summed E-state index contributed by atoms with van der Waals surface area (Å²) < 4.78 is 33.5. The molecular weight excluding hydrogens is 250 g/mol. The van der Waals surface area contributed by atoms with E-state index in [-0.39, 0.29) is 18.4 Å². The van der Waals surface area contributed by atoms with Gasteiger partial charge in [0.05, 0.1) is 31.4 Å². The van der Waals surface area contributed by atoms with Crippen molar-refractivity contribution in [2.24, 2.45) is 0 Å². The van der Waals surface area contributed by atoms with Crippen molar-refractivity contribution in [2.45, 2.75) is 19.3 Å². The summed E-state index contributed by atoms with van der Waals surface area (Å²) in [5.74, 6) is -1.13. The van der Waals surface area contributed by atoms with Crippen molar-refractivity contribution in [3.63, 3.8) is 0 Å². The number of hydrogen-bond donors (Lipinski definition) is 0. The molecule has 0 atom stereocenters. The Labute approximate surface area is 111 Å². The summed E-state index contributed by atoms with van der Waals surface area (Å²) in [4.78, 5) is 1.87. The average Bonchev–Trinajstić information content (AvgIpc) is 2.43. The quantitative estimate of drug-likeness (QED) is 0.721. The number of allylic oxidation sites excluding steroid dienone is 5. The van der Waals surface area contributed by atoms with Crippen LogP contribution in [0.3, 0.4) is 0 Å². The highest BCUT2D eigenvalue weighted by Gasteiger charge is 2.22. The van der Waals surface area contributed by atoms with Crippen LogP contribution in [0.4, 0.5) is 8.78 Å². The molecule has 19 heavy (non-hydrogen) atoms. The fourth-order valence-electron chi connectivity index (χ4n) is 2.24. The van der Waals surface area contributed by atoms with Gasteiger partial charge in [-0.3, -0.25) is 0 Å². The van der Waals surface area contributed by atoms with E-state index in [0.29, 0.717) is 38.4 Å². The predicted octanol–water partition coefficient (Wildman–Crippen LogP) is 2.99. The summed E-state index contributed by atoms with van der Waals surface area (Å²) in [5, 5.41) is 8.72. The number of nitriles is 1. The van der Waals surface area contributed by atoms with E-state index < -0.39 is 11.7 Å². The molecule has 0 bridgehead atoms. The SMILES string of the molecule is N#CCC1=C(F)CC=CCC(N2CCOCC2)=C1F. The number of nitrogens with zero attached hydrogens (tertiary/aromatic N) is 2. The Morgan fingerprint density at radius 2 is 1.89 bits per heavy atom. The van der Waals surface area contributed by atoms with Crippen LogP contribution in [0.5, 0.6) is 0 Å². The molecule has 0 unspecified atom stereocenters. The van der Waals surface area contributed by atoms with Gasteiger partial charge in [-0.05, 0) is 0 Å². The van der Waals surface area contributed by atoms with Gasteiger partial charge < -0.3 is 9.64 Å². The van der Waals surface area contributed by atoms with Gasteiger partial charge in [-0.2, -0.15) is 5.26 Å². The van der Waals surface area contributed by atoms with Crippen LogP contribution < -0.4 is 0 Å². The fourth-order valence-corrected chi connectivity index (χ4v) is 2.24. The van der Waals surface area contributed by atoms with Gasteiger partial charge in [-0.25, -0.2) is 8.78 Å². The van der Waals surface area contributed by atoms with Crippen molar-refractivity contribution in [1.82, 2.24) is 4.90 Å². The van der Waals surface area contributed by atoms with Crippen LogP contribution in [0.1, 0.15) is 19.3 Å². The molecule has 0 aromatic carbocycles. The summed E-state index contributed by atoms with van der Waals surface area (Å²) in [7, 11) is 0. The zero-order valence-corrected chi connectivity index (χ0v) is 10.7. The van der Waals surface area contributed by atoms with Crippen LogP contribution in [-0.2, 0) is 4.74 Å². The van der Waals surface area contributed by atoms with Crippen LogP contribution in [0.2, 0.25) is 0 Å². The number of morpholine rings is 1. The predicted molar refractivity (Wildman–Crippen MR) is 67.3 cm³/mol. The van der Waals surface area contributed by atoms with Crippen LogP contribution in [0, 0.1) is 11.3 Å². The number of halogens is 2. The Morgan fingerprint density at radius 3 is 2.58 bits per heavy atom. The molecule has 0 spiro atoms. The van der Waals surface area contributed by atoms with E-state index in [2.05, 4.69) is 0 Å². The fraction of sp³-hybridized carbons (Fsp3) is 0.500. The summed E-state index contributed by atoms with van der Waals surface area (Å²) in [6.07, 6.45) is 3.70. The van der Waals surface area contributed by atoms with Gasteiger partial charge in [0, 0.05) is 31.5 Å². The maximum Gasteiger partial charge on any atom is 0.149 e. The van der Waals surface area contributed by atoms with Crippen LogP contribution >= 0.6 is 0 Å². The monoisotopic (exact) mass is 266 g/mol.